The zero-order valence-electron chi connectivity index (χ0n) is 14.9. The largest absolute Gasteiger partial charge is 4.00 e. The number of hydrogen-bond donors (Lipinski definition) is 0. The summed E-state index contributed by atoms with van der Waals surface area (Å²) in [6.07, 6.45) is 0. The molecule has 0 aromatic heterocycles. The molecular formula is C23H19Cl3Ti. The standard InChI is InChI=1S/C23H19.3ClH.Ti/c1-23(20-12-4-2-5-13-20,21-14-6-3-7-15-21)22-16-18-10-8-9-11-19(18)17-22;;;;/h2-17H,1H3;3*1H;/q-1;;;;+4/p-3. The molecule has 0 nitrogen and oxygen atoms in total. The Hall–Kier alpha value is -1.15. The van der Waals surface area contributed by atoms with Crippen molar-refractivity contribution in [1.29, 1.82) is 0 Å². The van der Waals surface area contributed by atoms with E-state index in [2.05, 4.69) is 104 Å². The number of benzene rings is 3. The second kappa shape index (κ2) is 11.0. The Labute approximate surface area is 194 Å². The SMILES string of the molecule is CC(c1ccccc1)(c1ccccc1)c1cc2ccccc2[cH-]1.[Cl-].[Cl-].[Cl-].[Ti+4]. The van der Waals surface area contributed by atoms with E-state index in [1.807, 2.05) is 0 Å². The molecule has 0 aliphatic carbocycles. The molecule has 0 unspecified atom stereocenters. The molecule has 0 amide bonds. The van der Waals surface area contributed by atoms with Gasteiger partial charge in [-0.15, -0.1) is 40.6 Å². The summed E-state index contributed by atoms with van der Waals surface area (Å²) in [4.78, 5) is 0. The van der Waals surface area contributed by atoms with E-state index < -0.39 is 0 Å². The molecule has 0 spiro atoms. The van der Waals surface area contributed by atoms with Gasteiger partial charge in [0.15, 0.2) is 0 Å². The molecule has 0 atom stereocenters. The molecule has 0 saturated carbocycles. The fourth-order valence-electron chi connectivity index (χ4n) is 3.48. The molecule has 4 aromatic carbocycles. The predicted molar refractivity (Wildman–Crippen MR) is 98.0 cm³/mol. The quantitative estimate of drug-likeness (QED) is 0.230. The van der Waals surface area contributed by atoms with E-state index in [1.165, 1.54) is 27.5 Å². The van der Waals surface area contributed by atoms with E-state index in [9.17, 15) is 0 Å². The molecule has 27 heavy (non-hydrogen) atoms. The van der Waals surface area contributed by atoms with Crippen molar-refractivity contribution in [3.8, 4) is 0 Å². The molecule has 136 valence electrons. The van der Waals surface area contributed by atoms with Gasteiger partial charge >= 0.3 is 21.7 Å². The van der Waals surface area contributed by atoms with Gasteiger partial charge in [0.2, 0.25) is 0 Å². The van der Waals surface area contributed by atoms with Crippen molar-refractivity contribution in [1.82, 2.24) is 0 Å². The van der Waals surface area contributed by atoms with E-state index in [0.29, 0.717) is 0 Å². The maximum absolute atomic E-state index is 2.33. The zero-order chi connectivity index (χ0) is 15.7. The van der Waals surface area contributed by atoms with Crippen LogP contribution < -0.4 is 37.2 Å². The Bertz CT molecular complexity index is 861. The molecule has 4 rings (SSSR count). The number of rotatable bonds is 3. The van der Waals surface area contributed by atoms with E-state index in [-0.39, 0.29) is 64.4 Å². The summed E-state index contributed by atoms with van der Waals surface area (Å²) >= 11 is 0. The van der Waals surface area contributed by atoms with Crippen LogP contribution in [0.2, 0.25) is 0 Å². The first-order chi connectivity index (χ1) is 11.3. The molecule has 0 radical (unpaired) electrons. The smallest absolute Gasteiger partial charge is 1.00 e. The maximum atomic E-state index is 2.33. The first-order valence-corrected chi connectivity index (χ1v) is 8.05. The molecule has 0 aliphatic heterocycles. The summed E-state index contributed by atoms with van der Waals surface area (Å²) in [6.45, 7) is 2.33. The van der Waals surface area contributed by atoms with Crippen LogP contribution in [0.4, 0.5) is 0 Å². The molecule has 4 aromatic rings. The third-order valence-corrected chi connectivity index (χ3v) is 4.90. The Morgan fingerprint density at radius 1 is 0.630 bits per heavy atom. The van der Waals surface area contributed by atoms with Crippen molar-refractivity contribution in [3.63, 3.8) is 0 Å². The summed E-state index contributed by atoms with van der Waals surface area (Å²) in [5, 5.41) is 2.61. The van der Waals surface area contributed by atoms with Crippen LogP contribution in [0.15, 0.2) is 97.1 Å². The summed E-state index contributed by atoms with van der Waals surface area (Å²) in [5.41, 5.74) is 3.83. The third-order valence-electron chi connectivity index (χ3n) is 4.90. The summed E-state index contributed by atoms with van der Waals surface area (Å²) < 4.78 is 0. The van der Waals surface area contributed by atoms with Crippen molar-refractivity contribution in [2.75, 3.05) is 0 Å². The number of fused-ring (bicyclic) bond motifs is 1. The molecule has 0 bridgehead atoms. The van der Waals surface area contributed by atoms with Crippen molar-refractivity contribution in [3.05, 3.63) is 114 Å². The minimum Gasteiger partial charge on any atom is -1.00 e. The Morgan fingerprint density at radius 3 is 1.56 bits per heavy atom. The Balaban J connectivity index is 0.00000169. The maximum Gasteiger partial charge on any atom is 4.00 e. The van der Waals surface area contributed by atoms with Gasteiger partial charge in [0.1, 0.15) is 0 Å². The van der Waals surface area contributed by atoms with Crippen LogP contribution in [0, 0.1) is 0 Å². The molecule has 0 heterocycles. The number of hydrogen-bond acceptors (Lipinski definition) is 0. The van der Waals surface area contributed by atoms with Crippen LogP contribution in [0.3, 0.4) is 0 Å². The molecular weight excluding hydrogens is 430 g/mol. The van der Waals surface area contributed by atoms with Gasteiger partial charge in [-0.05, 0) is 18.1 Å². The molecule has 4 heteroatoms. The Kier molecular flexibility index (Phi) is 10.5. The van der Waals surface area contributed by atoms with Crippen molar-refractivity contribution in [2.45, 2.75) is 12.3 Å². The second-order valence-corrected chi connectivity index (χ2v) is 6.23. The topological polar surface area (TPSA) is 0 Å². The van der Waals surface area contributed by atoms with Crippen molar-refractivity contribution < 1.29 is 58.9 Å². The van der Waals surface area contributed by atoms with Gasteiger partial charge in [-0.2, -0.15) is 6.07 Å². The van der Waals surface area contributed by atoms with E-state index in [0.717, 1.165) is 0 Å². The first-order valence-electron chi connectivity index (χ1n) is 8.05. The van der Waals surface area contributed by atoms with Gasteiger partial charge in [-0.3, -0.25) is 0 Å². The Morgan fingerprint density at radius 2 is 1.07 bits per heavy atom. The molecule has 0 N–H and O–H groups in total. The van der Waals surface area contributed by atoms with Crippen molar-refractivity contribution >= 4 is 10.8 Å². The summed E-state index contributed by atoms with van der Waals surface area (Å²) in [6, 6.07) is 34.8. The zero-order valence-corrected chi connectivity index (χ0v) is 18.7. The minimum atomic E-state index is -0.151. The summed E-state index contributed by atoms with van der Waals surface area (Å²) in [7, 11) is 0. The second-order valence-electron chi connectivity index (χ2n) is 6.23. The minimum absolute atomic E-state index is 0. The van der Waals surface area contributed by atoms with Crippen LogP contribution >= 0.6 is 0 Å². The van der Waals surface area contributed by atoms with Crippen LogP contribution in [0.25, 0.3) is 10.8 Å². The van der Waals surface area contributed by atoms with Gasteiger partial charge in [0.05, 0.1) is 0 Å². The third kappa shape index (κ3) is 4.83. The fourth-order valence-corrected chi connectivity index (χ4v) is 3.48. The van der Waals surface area contributed by atoms with Gasteiger partial charge in [0.25, 0.3) is 0 Å². The normalized spacial score (nSPS) is 9.96. The van der Waals surface area contributed by atoms with E-state index in [4.69, 9.17) is 0 Å². The monoisotopic (exact) mass is 448 g/mol. The summed E-state index contributed by atoms with van der Waals surface area (Å²) in [5.74, 6) is 0. The molecule has 0 saturated heterocycles. The first kappa shape index (κ1) is 25.9. The van der Waals surface area contributed by atoms with E-state index in [1.54, 1.807) is 0 Å². The predicted octanol–water partition coefficient (Wildman–Crippen LogP) is -3.08. The van der Waals surface area contributed by atoms with Crippen LogP contribution in [0.5, 0.6) is 0 Å². The molecule has 0 aliphatic rings. The van der Waals surface area contributed by atoms with E-state index >= 15 is 0 Å². The number of halogens is 3. The average molecular weight is 450 g/mol. The van der Waals surface area contributed by atoms with Gasteiger partial charge in [0, 0.05) is 5.41 Å². The van der Waals surface area contributed by atoms with Gasteiger partial charge in [-0.25, -0.2) is 0 Å². The van der Waals surface area contributed by atoms with Crippen LogP contribution in [-0.2, 0) is 27.1 Å². The fraction of sp³-hybridized carbons (Fsp3) is 0.0870. The van der Waals surface area contributed by atoms with Gasteiger partial charge < -0.3 is 37.2 Å². The van der Waals surface area contributed by atoms with Crippen LogP contribution in [0.1, 0.15) is 23.6 Å². The average Bonchev–Trinajstić information content (AvgIpc) is 3.07. The molecule has 0 fully saturated rings. The van der Waals surface area contributed by atoms with Gasteiger partial charge in [-0.1, -0.05) is 66.7 Å². The van der Waals surface area contributed by atoms with Crippen molar-refractivity contribution in [2.24, 2.45) is 0 Å². The van der Waals surface area contributed by atoms with Crippen LogP contribution in [-0.4, -0.2) is 0 Å².